The van der Waals surface area contributed by atoms with Crippen molar-refractivity contribution in [2.45, 2.75) is 38.5 Å². The van der Waals surface area contributed by atoms with Gasteiger partial charge in [0.1, 0.15) is 11.8 Å². The Morgan fingerprint density at radius 2 is 1.06 bits per heavy atom. The van der Waals surface area contributed by atoms with Crippen LogP contribution < -0.4 is 0 Å². The van der Waals surface area contributed by atoms with Gasteiger partial charge in [0.05, 0.1) is 0 Å². The normalized spacial score (nSPS) is 20.1. The first-order valence-corrected chi connectivity index (χ1v) is 11.2. The van der Waals surface area contributed by atoms with E-state index in [-0.39, 0.29) is 11.6 Å². The van der Waals surface area contributed by atoms with Crippen LogP contribution >= 0.6 is 0 Å². The monoisotopic (exact) mass is 418 g/mol. The second kappa shape index (κ2) is 5.98. The Morgan fingerprint density at radius 3 is 1.50 bits per heavy atom. The van der Waals surface area contributed by atoms with Crippen molar-refractivity contribution >= 4 is 11.6 Å². The van der Waals surface area contributed by atoms with Gasteiger partial charge in [-0.25, -0.2) is 0 Å². The molecule has 3 aliphatic carbocycles. The highest BCUT2D eigenvalue weighted by atomic mass is 16.2. The van der Waals surface area contributed by atoms with Gasteiger partial charge < -0.3 is 9.97 Å². The van der Waals surface area contributed by atoms with Crippen LogP contribution in [0.15, 0.2) is 48.5 Å². The zero-order valence-electron chi connectivity index (χ0n) is 18.0. The number of H-pyrrole nitrogens is 2. The summed E-state index contributed by atoms with van der Waals surface area (Å²) < 4.78 is 0. The first kappa shape index (κ1) is 18.0. The van der Waals surface area contributed by atoms with Crippen LogP contribution in [0.4, 0.5) is 0 Å². The van der Waals surface area contributed by atoms with E-state index < -0.39 is 11.8 Å². The van der Waals surface area contributed by atoms with E-state index in [0.29, 0.717) is 0 Å². The van der Waals surface area contributed by atoms with E-state index >= 15 is 0 Å². The average Bonchev–Trinajstić information content (AvgIpc) is 3.51. The summed E-state index contributed by atoms with van der Waals surface area (Å²) in [7, 11) is 0. The third-order valence-corrected chi connectivity index (χ3v) is 7.86. The fraction of sp³-hybridized carbons (Fsp3) is 0.214. The van der Waals surface area contributed by atoms with E-state index in [1.54, 1.807) is 0 Å². The van der Waals surface area contributed by atoms with E-state index in [1.807, 2.05) is 26.0 Å². The van der Waals surface area contributed by atoms with Crippen LogP contribution in [0.2, 0.25) is 0 Å². The molecule has 4 heteroatoms. The number of carbonyl (C=O) groups is 2. The SMILES string of the molecule is Cc1c(C2C(=O)C(c3[nH]c4c(c3C)Cc3ccccc3-4)C2=O)[nH]c2c1Cc1ccccc1-2. The smallest absolute Gasteiger partial charge is 0.165 e. The second-order valence-electron chi connectivity index (χ2n) is 9.37. The summed E-state index contributed by atoms with van der Waals surface area (Å²) in [5.41, 5.74) is 13.2. The molecule has 0 aliphatic heterocycles. The van der Waals surface area contributed by atoms with Crippen LogP contribution in [-0.2, 0) is 22.4 Å². The first-order chi connectivity index (χ1) is 15.5. The van der Waals surface area contributed by atoms with E-state index in [1.165, 1.54) is 33.4 Å². The molecule has 0 spiro atoms. The summed E-state index contributed by atoms with van der Waals surface area (Å²) >= 11 is 0. The lowest BCUT2D eigenvalue weighted by Gasteiger charge is -2.32. The van der Waals surface area contributed by atoms with Crippen molar-refractivity contribution in [2.75, 3.05) is 0 Å². The molecule has 0 saturated heterocycles. The lowest BCUT2D eigenvalue weighted by atomic mass is 9.67. The van der Waals surface area contributed by atoms with Crippen LogP contribution in [0.3, 0.4) is 0 Å². The van der Waals surface area contributed by atoms with Crippen molar-refractivity contribution in [2.24, 2.45) is 0 Å². The number of benzene rings is 2. The van der Waals surface area contributed by atoms with E-state index in [9.17, 15) is 9.59 Å². The minimum absolute atomic E-state index is 0.00242. The molecule has 3 aliphatic rings. The minimum atomic E-state index is -0.678. The standard InChI is InChI=1S/C28H22N2O2/c1-13-19-11-15-7-3-5-9-17(15)25(19)29-23(13)21-27(31)22(28(21)32)24-14(2)20-12-16-8-4-6-10-18(16)26(20)30-24/h3-10,21-22,29-30H,11-12H2,1-2H3. The molecule has 0 unspecified atom stereocenters. The zero-order valence-corrected chi connectivity index (χ0v) is 18.0. The number of aromatic amines is 2. The quantitative estimate of drug-likeness (QED) is 0.383. The van der Waals surface area contributed by atoms with Gasteiger partial charge in [0.2, 0.25) is 0 Å². The molecular weight excluding hydrogens is 396 g/mol. The van der Waals surface area contributed by atoms with Gasteiger partial charge in [0.15, 0.2) is 11.6 Å². The molecule has 0 amide bonds. The van der Waals surface area contributed by atoms with Crippen molar-refractivity contribution in [3.63, 3.8) is 0 Å². The van der Waals surface area contributed by atoms with Gasteiger partial charge in [-0.05, 0) is 47.2 Å². The summed E-state index contributed by atoms with van der Waals surface area (Å²) in [6, 6.07) is 16.7. The first-order valence-electron chi connectivity index (χ1n) is 11.2. The van der Waals surface area contributed by atoms with E-state index in [2.05, 4.69) is 46.4 Å². The van der Waals surface area contributed by atoms with Crippen molar-refractivity contribution in [1.82, 2.24) is 9.97 Å². The maximum absolute atomic E-state index is 13.4. The van der Waals surface area contributed by atoms with Gasteiger partial charge >= 0.3 is 0 Å². The zero-order chi connectivity index (χ0) is 21.7. The number of carbonyl (C=O) groups excluding carboxylic acids is 2. The number of fused-ring (bicyclic) bond motifs is 6. The van der Waals surface area contributed by atoms with Gasteiger partial charge in [0.25, 0.3) is 0 Å². The predicted octanol–water partition coefficient (Wildman–Crippen LogP) is 5.12. The lowest BCUT2D eigenvalue weighted by molar-refractivity contribution is -0.142. The molecule has 4 aromatic rings. The Balaban J connectivity index is 1.25. The van der Waals surface area contributed by atoms with Crippen LogP contribution in [0.1, 0.15) is 56.6 Å². The number of hydrogen-bond donors (Lipinski definition) is 2. The molecule has 1 saturated carbocycles. The topological polar surface area (TPSA) is 65.7 Å². The summed E-state index contributed by atoms with van der Waals surface area (Å²) in [6.07, 6.45) is 1.71. The van der Waals surface area contributed by atoms with E-state index in [4.69, 9.17) is 0 Å². The number of hydrogen-bond acceptors (Lipinski definition) is 2. The molecule has 156 valence electrons. The van der Waals surface area contributed by atoms with Crippen molar-refractivity contribution < 1.29 is 9.59 Å². The summed E-state index contributed by atoms with van der Waals surface area (Å²) in [5, 5.41) is 0. The van der Waals surface area contributed by atoms with Crippen LogP contribution in [0.5, 0.6) is 0 Å². The van der Waals surface area contributed by atoms with Gasteiger partial charge in [-0.3, -0.25) is 9.59 Å². The Hall–Kier alpha value is -3.66. The molecule has 7 rings (SSSR count). The second-order valence-corrected chi connectivity index (χ2v) is 9.37. The molecule has 1 fully saturated rings. The minimum Gasteiger partial charge on any atom is -0.357 e. The third kappa shape index (κ3) is 2.07. The maximum atomic E-state index is 13.4. The third-order valence-electron chi connectivity index (χ3n) is 7.86. The van der Waals surface area contributed by atoms with Gasteiger partial charge in [-0.2, -0.15) is 0 Å². The number of aromatic nitrogens is 2. The number of nitrogens with one attached hydrogen (secondary N) is 2. The summed E-state index contributed by atoms with van der Waals surface area (Å²) in [4.78, 5) is 33.7. The molecule has 2 heterocycles. The van der Waals surface area contributed by atoms with E-state index in [0.717, 1.165) is 46.7 Å². The molecule has 0 radical (unpaired) electrons. The van der Waals surface area contributed by atoms with Crippen molar-refractivity contribution in [3.05, 3.63) is 93.3 Å². The average molecular weight is 418 g/mol. The van der Waals surface area contributed by atoms with Gasteiger partial charge in [0, 0.05) is 46.7 Å². The molecule has 2 aromatic carbocycles. The molecule has 2 N–H and O–H groups in total. The van der Waals surface area contributed by atoms with Crippen LogP contribution in [-0.4, -0.2) is 21.5 Å². The highest BCUT2D eigenvalue weighted by Crippen LogP contribution is 2.48. The van der Waals surface area contributed by atoms with Crippen molar-refractivity contribution in [3.8, 4) is 22.5 Å². The van der Waals surface area contributed by atoms with Crippen molar-refractivity contribution in [1.29, 1.82) is 0 Å². The molecule has 32 heavy (non-hydrogen) atoms. The van der Waals surface area contributed by atoms with Crippen LogP contribution in [0.25, 0.3) is 22.5 Å². The molecule has 2 aromatic heterocycles. The van der Waals surface area contributed by atoms with Gasteiger partial charge in [-0.15, -0.1) is 0 Å². The molecular formula is C28H22N2O2. The number of rotatable bonds is 2. The Labute approximate surface area is 185 Å². The molecule has 4 nitrogen and oxygen atoms in total. The Bertz CT molecular complexity index is 1370. The summed E-state index contributed by atoms with van der Waals surface area (Å²) in [6.45, 7) is 4.07. The molecule has 0 bridgehead atoms. The molecule has 0 atom stereocenters. The fourth-order valence-corrected chi connectivity index (χ4v) is 6.09. The largest absolute Gasteiger partial charge is 0.357 e. The Kier molecular flexibility index (Phi) is 3.35. The predicted molar refractivity (Wildman–Crippen MR) is 123 cm³/mol. The number of ketones is 2. The Morgan fingerprint density at radius 1 is 0.656 bits per heavy atom. The lowest BCUT2D eigenvalue weighted by Crippen LogP contribution is -2.45. The van der Waals surface area contributed by atoms with Crippen LogP contribution in [0, 0.1) is 13.8 Å². The maximum Gasteiger partial charge on any atom is 0.165 e. The van der Waals surface area contributed by atoms with Gasteiger partial charge in [-0.1, -0.05) is 48.5 Å². The highest BCUT2D eigenvalue weighted by molar-refractivity contribution is 6.31. The fourth-order valence-electron chi connectivity index (χ4n) is 6.09. The number of Topliss-reactive ketones (excluding diaryl/α,β-unsaturated/α-hetero) is 2. The summed E-state index contributed by atoms with van der Waals surface area (Å²) in [5.74, 6) is -1.35. The highest BCUT2D eigenvalue weighted by Gasteiger charge is 2.53.